The molecule has 0 amide bonds. The van der Waals surface area contributed by atoms with Crippen molar-refractivity contribution in [3.05, 3.63) is 51.8 Å². The Balaban J connectivity index is 1.53. The lowest BCUT2D eigenvalue weighted by molar-refractivity contribution is 0.316. The van der Waals surface area contributed by atoms with Crippen LogP contribution in [0.4, 0.5) is 0 Å². The van der Waals surface area contributed by atoms with Crippen molar-refractivity contribution >= 4 is 30.4 Å². The number of hydrogen-bond donors (Lipinski definition) is 3. The molecule has 2 aromatic heterocycles. The number of hydrogen-bond acceptors (Lipinski definition) is 4. The maximum Gasteiger partial charge on any atom is 0.332 e. The van der Waals surface area contributed by atoms with Crippen molar-refractivity contribution in [3.8, 4) is 5.69 Å². The second kappa shape index (κ2) is 7.44. The van der Waals surface area contributed by atoms with Crippen LogP contribution in [0.25, 0.3) is 16.9 Å². The van der Waals surface area contributed by atoms with Crippen LogP contribution < -0.4 is 5.69 Å². The maximum absolute atomic E-state index is 12.3. The summed E-state index contributed by atoms with van der Waals surface area (Å²) >= 11 is 6.02. The van der Waals surface area contributed by atoms with Crippen LogP contribution >= 0.6 is 19.2 Å². The van der Waals surface area contributed by atoms with E-state index >= 15 is 0 Å². The standard InChI is InChI=1S/C18H20ClN4O4P/c19-16-15-17(21-10-20-16)23(18(24)22-15)14-7-5-13(6-8-14)12-3-1-11(2-4-12)9-28(25,26)27/h5-8,10-12H,1-4,9H2,(H,22,24)(H2,25,26,27). The van der Waals surface area contributed by atoms with Crippen LogP contribution in [0, 0.1) is 5.92 Å². The quantitative estimate of drug-likeness (QED) is 0.438. The SMILES string of the molecule is O=c1[nH]c2c(Cl)ncnc2n1-c1ccc(C2CCC(CP(=O)(O)O)CC2)cc1. The molecule has 8 nitrogen and oxygen atoms in total. The van der Waals surface area contributed by atoms with Crippen LogP contribution in [0.3, 0.4) is 0 Å². The smallest absolute Gasteiger partial charge is 0.324 e. The van der Waals surface area contributed by atoms with Gasteiger partial charge >= 0.3 is 13.3 Å². The number of nitrogens with one attached hydrogen (secondary N) is 1. The maximum atomic E-state index is 12.3. The average molecular weight is 423 g/mol. The van der Waals surface area contributed by atoms with E-state index < -0.39 is 7.60 Å². The first-order valence-corrected chi connectivity index (χ1v) is 11.3. The molecule has 1 aliphatic carbocycles. The Morgan fingerprint density at radius 3 is 2.46 bits per heavy atom. The Morgan fingerprint density at radius 2 is 1.82 bits per heavy atom. The molecule has 0 radical (unpaired) electrons. The molecule has 1 aliphatic rings. The molecule has 28 heavy (non-hydrogen) atoms. The fourth-order valence-electron chi connectivity index (χ4n) is 4.04. The van der Waals surface area contributed by atoms with Gasteiger partial charge in [0.15, 0.2) is 10.8 Å². The van der Waals surface area contributed by atoms with Crippen LogP contribution in [-0.4, -0.2) is 35.5 Å². The van der Waals surface area contributed by atoms with Gasteiger partial charge < -0.3 is 14.8 Å². The average Bonchev–Trinajstić information content (AvgIpc) is 2.99. The zero-order chi connectivity index (χ0) is 19.9. The molecule has 0 bridgehead atoms. The number of halogens is 1. The molecule has 2 heterocycles. The van der Waals surface area contributed by atoms with Crippen LogP contribution in [-0.2, 0) is 4.57 Å². The molecule has 1 aromatic carbocycles. The molecule has 0 spiro atoms. The van der Waals surface area contributed by atoms with E-state index in [1.54, 1.807) is 0 Å². The van der Waals surface area contributed by atoms with Gasteiger partial charge in [0.2, 0.25) is 0 Å². The number of aromatic nitrogens is 4. The molecule has 1 saturated carbocycles. The first-order valence-electron chi connectivity index (χ1n) is 9.08. The Morgan fingerprint density at radius 1 is 1.14 bits per heavy atom. The molecule has 0 saturated heterocycles. The summed E-state index contributed by atoms with van der Waals surface area (Å²) in [6.45, 7) is 0. The molecular formula is C18H20ClN4O4P. The highest BCUT2D eigenvalue weighted by Crippen LogP contribution is 2.44. The van der Waals surface area contributed by atoms with E-state index in [1.165, 1.54) is 16.5 Å². The van der Waals surface area contributed by atoms with Crippen molar-refractivity contribution in [3.63, 3.8) is 0 Å². The Hall–Kier alpha value is -1.99. The van der Waals surface area contributed by atoms with E-state index in [2.05, 4.69) is 15.0 Å². The highest BCUT2D eigenvalue weighted by atomic mass is 35.5. The third kappa shape index (κ3) is 3.91. The zero-order valence-corrected chi connectivity index (χ0v) is 16.6. The number of rotatable bonds is 4. The minimum Gasteiger partial charge on any atom is -0.324 e. The van der Waals surface area contributed by atoms with E-state index in [4.69, 9.17) is 21.4 Å². The molecule has 0 aliphatic heterocycles. The first kappa shape index (κ1) is 19.3. The Kier molecular flexibility index (Phi) is 5.14. The largest absolute Gasteiger partial charge is 0.332 e. The second-order valence-electron chi connectivity index (χ2n) is 7.29. The molecular weight excluding hydrogens is 403 g/mol. The predicted octanol–water partition coefficient (Wildman–Crippen LogP) is 3.21. The summed E-state index contributed by atoms with van der Waals surface area (Å²) < 4.78 is 12.7. The van der Waals surface area contributed by atoms with Gasteiger partial charge in [-0.1, -0.05) is 23.7 Å². The number of nitrogens with zero attached hydrogens (tertiary/aromatic N) is 3. The number of benzene rings is 1. The van der Waals surface area contributed by atoms with Crippen LogP contribution in [0.15, 0.2) is 35.4 Å². The first-order chi connectivity index (χ1) is 13.3. The van der Waals surface area contributed by atoms with E-state index in [1.807, 2.05) is 24.3 Å². The molecule has 4 rings (SSSR count). The lowest BCUT2D eigenvalue weighted by atomic mass is 9.79. The predicted molar refractivity (Wildman–Crippen MR) is 106 cm³/mol. The Bertz CT molecular complexity index is 1100. The highest BCUT2D eigenvalue weighted by molar-refractivity contribution is 7.51. The van der Waals surface area contributed by atoms with Gasteiger partial charge in [-0.15, -0.1) is 0 Å². The van der Waals surface area contributed by atoms with E-state index in [0.717, 1.165) is 25.7 Å². The summed E-state index contributed by atoms with van der Waals surface area (Å²) in [5.74, 6) is 0.448. The van der Waals surface area contributed by atoms with Gasteiger partial charge in [0.1, 0.15) is 11.8 Å². The van der Waals surface area contributed by atoms with Gasteiger partial charge in [-0.2, -0.15) is 0 Å². The topological polar surface area (TPSA) is 121 Å². The van der Waals surface area contributed by atoms with E-state index in [0.29, 0.717) is 22.8 Å². The van der Waals surface area contributed by atoms with Gasteiger partial charge in [-0.05, 0) is 55.2 Å². The molecule has 0 atom stereocenters. The van der Waals surface area contributed by atoms with Gasteiger partial charge in [0, 0.05) is 0 Å². The van der Waals surface area contributed by atoms with Crippen molar-refractivity contribution in [2.24, 2.45) is 5.92 Å². The number of fused-ring (bicyclic) bond motifs is 1. The summed E-state index contributed by atoms with van der Waals surface area (Å²) in [5.41, 5.74) is 2.35. The lowest BCUT2D eigenvalue weighted by Gasteiger charge is -2.29. The van der Waals surface area contributed by atoms with Crippen molar-refractivity contribution in [2.45, 2.75) is 31.6 Å². The van der Waals surface area contributed by atoms with Crippen LogP contribution in [0.2, 0.25) is 5.15 Å². The molecule has 0 unspecified atom stereocenters. The second-order valence-corrected chi connectivity index (χ2v) is 9.34. The van der Waals surface area contributed by atoms with Crippen LogP contribution in [0.1, 0.15) is 37.2 Å². The summed E-state index contributed by atoms with van der Waals surface area (Å²) in [6, 6.07) is 7.75. The number of H-pyrrole nitrogens is 1. The van der Waals surface area contributed by atoms with Gasteiger partial charge in [0.25, 0.3) is 0 Å². The monoisotopic (exact) mass is 422 g/mol. The summed E-state index contributed by atoms with van der Waals surface area (Å²) in [4.78, 5) is 41.4. The Labute approximate surface area is 165 Å². The van der Waals surface area contributed by atoms with E-state index in [-0.39, 0.29) is 22.9 Å². The fourth-order valence-corrected chi connectivity index (χ4v) is 5.25. The van der Waals surface area contributed by atoms with Gasteiger partial charge in [-0.25, -0.2) is 19.3 Å². The molecule has 1 fully saturated rings. The fraction of sp³-hybridized carbons (Fsp3) is 0.389. The third-order valence-corrected chi connectivity index (χ3v) is 6.67. The zero-order valence-electron chi connectivity index (χ0n) is 15.0. The van der Waals surface area contributed by atoms with Gasteiger partial charge in [-0.3, -0.25) is 4.57 Å². The van der Waals surface area contributed by atoms with Crippen molar-refractivity contribution in [2.75, 3.05) is 6.16 Å². The van der Waals surface area contributed by atoms with Gasteiger partial charge in [0.05, 0.1) is 11.8 Å². The molecule has 148 valence electrons. The van der Waals surface area contributed by atoms with Crippen molar-refractivity contribution < 1.29 is 14.4 Å². The summed E-state index contributed by atoms with van der Waals surface area (Å²) in [5, 5.41) is 0.199. The normalized spacial score (nSPS) is 20.5. The van der Waals surface area contributed by atoms with Crippen molar-refractivity contribution in [1.29, 1.82) is 0 Å². The summed E-state index contributed by atoms with van der Waals surface area (Å²) in [6.07, 6.45) is 4.73. The molecule has 3 N–H and O–H groups in total. The number of aromatic amines is 1. The van der Waals surface area contributed by atoms with Crippen LogP contribution in [0.5, 0.6) is 0 Å². The summed E-state index contributed by atoms with van der Waals surface area (Å²) in [7, 11) is -3.94. The number of imidazole rings is 1. The lowest BCUT2D eigenvalue weighted by Crippen LogP contribution is -2.17. The minimum atomic E-state index is -3.94. The van der Waals surface area contributed by atoms with E-state index in [9.17, 15) is 9.36 Å². The molecule has 10 heteroatoms. The molecule has 3 aromatic rings. The minimum absolute atomic E-state index is 0.0213. The van der Waals surface area contributed by atoms with Crippen molar-refractivity contribution in [1.82, 2.24) is 19.5 Å². The third-order valence-electron chi connectivity index (χ3n) is 5.39. The highest BCUT2D eigenvalue weighted by Gasteiger charge is 2.27.